The van der Waals surface area contributed by atoms with Crippen LogP contribution in [0.5, 0.6) is 0 Å². The number of carbonyl (C=O) groups excluding carboxylic acids is 4. The first-order chi connectivity index (χ1) is 15.2. The number of hydrogen-bond acceptors (Lipinski definition) is 6. The Morgan fingerprint density at radius 3 is 2.44 bits per heavy atom. The molecule has 0 radical (unpaired) electrons. The Labute approximate surface area is 186 Å². The molecule has 10 heteroatoms. The number of benzene rings is 1. The minimum absolute atomic E-state index is 0.0251. The van der Waals surface area contributed by atoms with E-state index in [1.165, 1.54) is 12.1 Å². The summed E-state index contributed by atoms with van der Waals surface area (Å²) in [6, 6.07) is 3.69. The van der Waals surface area contributed by atoms with Gasteiger partial charge in [0.15, 0.2) is 0 Å². The Hall–Kier alpha value is -3.30. The van der Waals surface area contributed by atoms with Crippen molar-refractivity contribution in [2.75, 3.05) is 19.6 Å². The van der Waals surface area contributed by atoms with Gasteiger partial charge in [-0.25, -0.2) is 0 Å². The summed E-state index contributed by atoms with van der Waals surface area (Å²) in [7, 11) is 0. The highest BCUT2D eigenvalue weighted by Crippen LogP contribution is 2.27. The Kier molecular flexibility index (Phi) is 7.22. The molecule has 0 aliphatic carbocycles. The number of rotatable bonds is 8. The van der Waals surface area contributed by atoms with Gasteiger partial charge >= 0.3 is 0 Å². The van der Waals surface area contributed by atoms with E-state index in [1.807, 2.05) is 13.8 Å². The van der Waals surface area contributed by atoms with Gasteiger partial charge in [0.1, 0.15) is 0 Å². The molecule has 32 heavy (non-hydrogen) atoms. The molecule has 2 aliphatic heterocycles. The molecule has 1 N–H and O–H groups in total. The maximum atomic E-state index is 12.5. The number of amides is 4. The van der Waals surface area contributed by atoms with Crippen molar-refractivity contribution in [2.45, 2.75) is 52.0 Å². The standard InChI is InChI=1S/C22H28N4O6/c1-14(2)12-19(27)23-15-7-10-24(11-8-15)20(28)4-3-9-25-21(29)17-6-5-16(26(31)32)13-18(17)22(25)30/h5-6,13-15H,3-4,7-12H2,1-2H3,(H,23,27). The number of piperidine rings is 1. The second-order valence-corrected chi connectivity index (χ2v) is 8.67. The zero-order valence-electron chi connectivity index (χ0n) is 18.3. The van der Waals surface area contributed by atoms with Gasteiger partial charge in [-0.15, -0.1) is 0 Å². The van der Waals surface area contributed by atoms with E-state index < -0.39 is 16.7 Å². The van der Waals surface area contributed by atoms with Gasteiger partial charge in [0.2, 0.25) is 11.8 Å². The van der Waals surface area contributed by atoms with Crippen LogP contribution in [0, 0.1) is 16.0 Å². The van der Waals surface area contributed by atoms with Crippen molar-refractivity contribution in [1.29, 1.82) is 0 Å². The average molecular weight is 444 g/mol. The molecule has 3 rings (SSSR count). The molecule has 2 heterocycles. The summed E-state index contributed by atoms with van der Waals surface area (Å²) < 4.78 is 0. The largest absolute Gasteiger partial charge is 0.353 e. The third-order valence-electron chi connectivity index (χ3n) is 5.74. The van der Waals surface area contributed by atoms with Crippen molar-refractivity contribution in [3.8, 4) is 0 Å². The third kappa shape index (κ3) is 5.30. The summed E-state index contributed by atoms with van der Waals surface area (Å²) in [6.07, 6.45) is 2.40. The summed E-state index contributed by atoms with van der Waals surface area (Å²) in [5, 5.41) is 13.9. The fourth-order valence-corrected chi connectivity index (χ4v) is 4.07. The lowest BCUT2D eigenvalue weighted by molar-refractivity contribution is -0.384. The number of likely N-dealkylation sites (tertiary alicyclic amines) is 1. The van der Waals surface area contributed by atoms with Crippen molar-refractivity contribution in [2.24, 2.45) is 5.92 Å². The predicted octanol–water partition coefficient (Wildman–Crippen LogP) is 2.12. The maximum absolute atomic E-state index is 12.5. The van der Waals surface area contributed by atoms with E-state index >= 15 is 0 Å². The number of nitro benzene ring substituents is 1. The van der Waals surface area contributed by atoms with E-state index in [0.717, 1.165) is 11.0 Å². The molecule has 1 saturated heterocycles. The SMILES string of the molecule is CC(C)CC(=O)NC1CCN(C(=O)CCCN2C(=O)c3ccc([N+](=O)[O-])cc3C2=O)CC1. The zero-order chi connectivity index (χ0) is 23.4. The summed E-state index contributed by atoms with van der Waals surface area (Å²) >= 11 is 0. The molecular formula is C22H28N4O6. The number of nitrogens with one attached hydrogen (secondary N) is 1. The quantitative estimate of drug-likeness (QED) is 0.371. The van der Waals surface area contributed by atoms with Gasteiger partial charge in [0, 0.05) is 50.7 Å². The second kappa shape index (κ2) is 9.88. The Bertz CT molecular complexity index is 936. The van der Waals surface area contributed by atoms with E-state index in [9.17, 15) is 29.3 Å². The summed E-state index contributed by atoms with van der Waals surface area (Å²) in [6.45, 7) is 5.18. The maximum Gasteiger partial charge on any atom is 0.270 e. The molecule has 0 spiro atoms. The van der Waals surface area contributed by atoms with Gasteiger partial charge < -0.3 is 10.2 Å². The smallest absolute Gasteiger partial charge is 0.270 e. The molecule has 1 fully saturated rings. The molecule has 10 nitrogen and oxygen atoms in total. The van der Waals surface area contributed by atoms with E-state index in [1.54, 1.807) is 4.90 Å². The number of imide groups is 1. The number of non-ortho nitro benzene ring substituents is 1. The first-order valence-electron chi connectivity index (χ1n) is 10.9. The first kappa shape index (κ1) is 23.4. The number of fused-ring (bicyclic) bond motifs is 1. The molecular weight excluding hydrogens is 416 g/mol. The Morgan fingerprint density at radius 1 is 1.16 bits per heavy atom. The van der Waals surface area contributed by atoms with E-state index in [2.05, 4.69) is 5.32 Å². The zero-order valence-corrected chi connectivity index (χ0v) is 18.3. The molecule has 1 aromatic rings. The fraction of sp³-hybridized carbons (Fsp3) is 0.545. The lowest BCUT2D eigenvalue weighted by Gasteiger charge is -2.32. The van der Waals surface area contributed by atoms with Crippen molar-refractivity contribution >= 4 is 29.3 Å². The van der Waals surface area contributed by atoms with Gasteiger partial charge in [-0.1, -0.05) is 13.8 Å². The molecule has 0 unspecified atom stereocenters. The lowest BCUT2D eigenvalue weighted by Crippen LogP contribution is -2.46. The van der Waals surface area contributed by atoms with Gasteiger partial charge in [-0.2, -0.15) is 0 Å². The van der Waals surface area contributed by atoms with Crippen LogP contribution in [-0.4, -0.2) is 64.0 Å². The van der Waals surface area contributed by atoms with Gasteiger partial charge in [0.05, 0.1) is 16.1 Å². The minimum atomic E-state index is -0.613. The van der Waals surface area contributed by atoms with Crippen LogP contribution in [-0.2, 0) is 9.59 Å². The van der Waals surface area contributed by atoms with Crippen LogP contribution < -0.4 is 5.32 Å². The van der Waals surface area contributed by atoms with Crippen LogP contribution in [0.25, 0.3) is 0 Å². The average Bonchev–Trinajstić information content (AvgIpc) is 2.97. The highest BCUT2D eigenvalue weighted by atomic mass is 16.6. The van der Waals surface area contributed by atoms with Crippen LogP contribution >= 0.6 is 0 Å². The highest BCUT2D eigenvalue weighted by Gasteiger charge is 2.36. The lowest BCUT2D eigenvalue weighted by atomic mass is 10.0. The normalized spacial score (nSPS) is 16.5. The summed E-state index contributed by atoms with van der Waals surface area (Å²) in [5.41, 5.74) is -0.0728. The van der Waals surface area contributed by atoms with E-state index in [4.69, 9.17) is 0 Å². The Morgan fingerprint density at radius 2 is 1.81 bits per heavy atom. The molecule has 0 aromatic heterocycles. The van der Waals surface area contributed by atoms with Gasteiger partial charge in [0.25, 0.3) is 17.5 Å². The molecule has 4 amide bonds. The van der Waals surface area contributed by atoms with E-state index in [0.29, 0.717) is 44.7 Å². The molecule has 0 saturated carbocycles. The summed E-state index contributed by atoms with van der Waals surface area (Å²) in [4.78, 5) is 62.5. The van der Waals surface area contributed by atoms with E-state index in [-0.39, 0.29) is 47.6 Å². The van der Waals surface area contributed by atoms with Crippen molar-refractivity contribution in [3.63, 3.8) is 0 Å². The first-order valence-corrected chi connectivity index (χ1v) is 10.9. The highest BCUT2D eigenvalue weighted by molar-refractivity contribution is 6.21. The van der Waals surface area contributed by atoms with Crippen molar-refractivity contribution in [1.82, 2.24) is 15.1 Å². The monoisotopic (exact) mass is 444 g/mol. The molecule has 172 valence electrons. The number of carbonyl (C=O) groups is 4. The topological polar surface area (TPSA) is 130 Å². The van der Waals surface area contributed by atoms with Crippen LogP contribution in [0.2, 0.25) is 0 Å². The molecule has 2 aliphatic rings. The molecule has 1 aromatic carbocycles. The minimum Gasteiger partial charge on any atom is -0.353 e. The fourth-order valence-electron chi connectivity index (χ4n) is 4.07. The predicted molar refractivity (Wildman–Crippen MR) is 115 cm³/mol. The van der Waals surface area contributed by atoms with Crippen LogP contribution in [0.4, 0.5) is 5.69 Å². The van der Waals surface area contributed by atoms with Crippen molar-refractivity contribution in [3.05, 3.63) is 39.4 Å². The number of nitrogens with zero attached hydrogens (tertiary/aromatic N) is 3. The Balaban J connectivity index is 1.44. The number of hydrogen-bond donors (Lipinski definition) is 1. The van der Waals surface area contributed by atoms with Crippen LogP contribution in [0.3, 0.4) is 0 Å². The number of nitro groups is 1. The van der Waals surface area contributed by atoms with Gasteiger partial charge in [-0.3, -0.25) is 34.2 Å². The van der Waals surface area contributed by atoms with Crippen LogP contribution in [0.15, 0.2) is 18.2 Å². The van der Waals surface area contributed by atoms with Crippen LogP contribution in [0.1, 0.15) is 66.7 Å². The molecule has 0 bridgehead atoms. The van der Waals surface area contributed by atoms with Gasteiger partial charge in [-0.05, 0) is 31.2 Å². The van der Waals surface area contributed by atoms with Crippen molar-refractivity contribution < 1.29 is 24.1 Å². The summed E-state index contributed by atoms with van der Waals surface area (Å²) in [5.74, 6) is -0.779. The third-order valence-corrected chi connectivity index (χ3v) is 5.74. The molecule has 0 atom stereocenters. The second-order valence-electron chi connectivity index (χ2n) is 8.67.